The van der Waals surface area contributed by atoms with Crippen molar-refractivity contribution in [2.75, 3.05) is 18.4 Å². The summed E-state index contributed by atoms with van der Waals surface area (Å²) >= 11 is 0. The summed E-state index contributed by atoms with van der Waals surface area (Å²) in [5.41, 5.74) is 2.16. The highest BCUT2D eigenvalue weighted by Gasteiger charge is 2.09. The molecule has 0 fully saturated rings. The first kappa shape index (κ1) is 13.0. The third kappa shape index (κ3) is 3.45. The Morgan fingerprint density at radius 3 is 2.82 bits per heavy atom. The third-order valence-electron chi connectivity index (χ3n) is 2.25. The zero-order valence-electron chi connectivity index (χ0n) is 10.3. The van der Waals surface area contributed by atoms with Gasteiger partial charge in [-0.3, -0.25) is 4.79 Å². The van der Waals surface area contributed by atoms with Gasteiger partial charge in [-0.05, 0) is 32.4 Å². The highest BCUT2D eigenvalue weighted by Crippen LogP contribution is 2.16. The van der Waals surface area contributed by atoms with Gasteiger partial charge >= 0.3 is 0 Å². The molecular formula is C12H16N4O. The fraction of sp³-hybridized carbons (Fsp3) is 0.417. The van der Waals surface area contributed by atoms with Crippen molar-refractivity contribution in [3.8, 4) is 6.07 Å². The number of carbonyl (C=O) groups is 1. The second kappa shape index (κ2) is 5.85. The fourth-order valence-electron chi connectivity index (χ4n) is 1.53. The minimum absolute atomic E-state index is 0.114. The monoisotopic (exact) mass is 232 g/mol. The van der Waals surface area contributed by atoms with E-state index in [1.165, 1.54) is 0 Å². The molecule has 17 heavy (non-hydrogen) atoms. The molecule has 0 saturated heterocycles. The maximum Gasteiger partial charge on any atom is 0.239 e. The Balaban J connectivity index is 2.84. The van der Waals surface area contributed by atoms with Crippen molar-refractivity contribution in [3.05, 3.63) is 22.9 Å². The van der Waals surface area contributed by atoms with Crippen LogP contribution >= 0.6 is 0 Å². The Labute approximate surface area is 101 Å². The van der Waals surface area contributed by atoms with E-state index in [1.807, 2.05) is 26.8 Å². The molecule has 0 radical (unpaired) electrons. The lowest BCUT2D eigenvalue weighted by molar-refractivity contribution is -0.119. The topological polar surface area (TPSA) is 77.8 Å². The SMILES string of the molecule is CCNC(=O)CNc1nc(C)cc(C)c1C#N. The zero-order chi connectivity index (χ0) is 12.8. The number of aryl methyl sites for hydroxylation is 2. The van der Waals surface area contributed by atoms with E-state index in [9.17, 15) is 4.79 Å². The predicted octanol–water partition coefficient (Wildman–Crippen LogP) is 1.12. The highest BCUT2D eigenvalue weighted by molar-refractivity contribution is 5.80. The molecule has 1 heterocycles. The number of nitrogens with one attached hydrogen (secondary N) is 2. The third-order valence-corrected chi connectivity index (χ3v) is 2.25. The van der Waals surface area contributed by atoms with Crippen molar-refractivity contribution in [1.29, 1.82) is 5.26 Å². The molecule has 1 rings (SSSR count). The highest BCUT2D eigenvalue weighted by atomic mass is 16.1. The van der Waals surface area contributed by atoms with Gasteiger partial charge in [-0.1, -0.05) is 0 Å². The second-order valence-electron chi connectivity index (χ2n) is 3.72. The van der Waals surface area contributed by atoms with Gasteiger partial charge in [0.1, 0.15) is 11.9 Å². The van der Waals surface area contributed by atoms with Crippen molar-refractivity contribution >= 4 is 11.7 Å². The number of carbonyl (C=O) groups excluding carboxylic acids is 1. The number of nitriles is 1. The number of hydrogen-bond donors (Lipinski definition) is 2. The molecule has 0 aliphatic heterocycles. The Morgan fingerprint density at radius 1 is 1.53 bits per heavy atom. The minimum Gasteiger partial charge on any atom is -0.360 e. The lowest BCUT2D eigenvalue weighted by Gasteiger charge is -2.09. The fourth-order valence-corrected chi connectivity index (χ4v) is 1.53. The Kier molecular flexibility index (Phi) is 4.46. The molecule has 0 aliphatic carbocycles. The molecule has 0 aromatic carbocycles. The predicted molar refractivity (Wildman–Crippen MR) is 65.6 cm³/mol. The van der Waals surface area contributed by atoms with Gasteiger partial charge in [0.2, 0.25) is 5.91 Å². The van der Waals surface area contributed by atoms with Crippen LogP contribution in [-0.4, -0.2) is 24.0 Å². The van der Waals surface area contributed by atoms with Crippen molar-refractivity contribution in [3.63, 3.8) is 0 Å². The van der Waals surface area contributed by atoms with Crippen molar-refractivity contribution in [1.82, 2.24) is 10.3 Å². The number of pyridine rings is 1. The summed E-state index contributed by atoms with van der Waals surface area (Å²) in [5.74, 6) is 0.355. The molecule has 5 heteroatoms. The molecule has 0 spiro atoms. The maximum atomic E-state index is 11.3. The molecule has 0 atom stereocenters. The van der Waals surface area contributed by atoms with Gasteiger partial charge in [-0.2, -0.15) is 5.26 Å². The van der Waals surface area contributed by atoms with Crippen molar-refractivity contribution in [2.24, 2.45) is 0 Å². The van der Waals surface area contributed by atoms with Crippen LogP contribution in [0.4, 0.5) is 5.82 Å². The van der Waals surface area contributed by atoms with E-state index in [-0.39, 0.29) is 12.5 Å². The summed E-state index contributed by atoms with van der Waals surface area (Å²) in [6.45, 7) is 6.27. The average molecular weight is 232 g/mol. The van der Waals surface area contributed by atoms with Gasteiger partial charge in [-0.15, -0.1) is 0 Å². The standard InChI is InChI=1S/C12H16N4O/c1-4-14-11(17)7-15-12-10(6-13)8(2)5-9(3)16-12/h5H,4,7H2,1-3H3,(H,14,17)(H,15,16). The second-order valence-corrected chi connectivity index (χ2v) is 3.72. The number of aromatic nitrogens is 1. The molecule has 1 amide bonds. The van der Waals surface area contributed by atoms with E-state index >= 15 is 0 Å². The molecule has 0 saturated carbocycles. The summed E-state index contributed by atoms with van der Waals surface area (Å²) in [6.07, 6.45) is 0. The Morgan fingerprint density at radius 2 is 2.24 bits per heavy atom. The van der Waals surface area contributed by atoms with Crippen LogP contribution in [0.25, 0.3) is 0 Å². The smallest absolute Gasteiger partial charge is 0.239 e. The quantitative estimate of drug-likeness (QED) is 0.815. The van der Waals surface area contributed by atoms with E-state index < -0.39 is 0 Å². The van der Waals surface area contributed by atoms with Crippen LogP contribution in [0.1, 0.15) is 23.7 Å². The average Bonchev–Trinajstić information content (AvgIpc) is 2.26. The van der Waals surface area contributed by atoms with Gasteiger partial charge in [0.05, 0.1) is 12.1 Å². The molecule has 2 N–H and O–H groups in total. The first-order valence-electron chi connectivity index (χ1n) is 5.47. The lowest BCUT2D eigenvalue weighted by atomic mass is 10.1. The number of anilines is 1. The van der Waals surface area contributed by atoms with Gasteiger partial charge in [0.15, 0.2) is 0 Å². The summed E-state index contributed by atoms with van der Waals surface area (Å²) < 4.78 is 0. The summed E-state index contributed by atoms with van der Waals surface area (Å²) in [7, 11) is 0. The number of hydrogen-bond acceptors (Lipinski definition) is 4. The summed E-state index contributed by atoms with van der Waals surface area (Å²) in [6, 6.07) is 3.93. The van der Waals surface area contributed by atoms with Crippen LogP contribution in [0.3, 0.4) is 0 Å². The molecule has 90 valence electrons. The first-order valence-corrected chi connectivity index (χ1v) is 5.47. The van der Waals surface area contributed by atoms with Crippen LogP contribution in [0.5, 0.6) is 0 Å². The minimum atomic E-state index is -0.114. The van der Waals surface area contributed by atoms with E-state index in [2.05, 4.69) is 21.7 Å². The van der Waals surface area contributed by atoms with Crippen molar-refractivity contribution in [2.45, 2.75) is 20.8 Å². The number of amides is 1. The van der Waals surface area contributed by atoms with Gasteiger partial charge in [0.25, 0.3) is 0 Å². The Bertz CT molecular complexity index is 462. The van der Waals surface area contributed by atoms with Crippen LogP contribution < -0.4 is 10.6 Å². The summed E-state index contributed by atoms with van der Waals surface area (Å²) in [4.78, 5) is 15.5. The number of rotatable bonds is 4. The van der Waals surface area contributed by atoms with E-state index in [0.717, 1.165) is 11.3 Å². The van der Waals surface area contributed by atoms with E-state index in [1.54, 1.807) is 0 Å². The summed E-state index contributed by atoms with van der Waals surface area (Å²) in [5, 5.41) is 14.6. The molecule has 1 aromatic rings. The number of likely N-dealkylation sites (N-methyl/N-ethyl adjacent to an activating group) is 1. The van der Waals surface area contributed by atoms with Crippen LogP contribution in [0.15, 0.2) is 6.07 Å². The van der Waals surface area contributed by atoms with Crippen LogP contribution in [0.2, 0.25) is 0 Å². The van der Waals surface area contributed by atoms with Crippen LogP contribution in [-0.2, 0) is 4.79 Å². The first-order chi connectivity index (χ1) is 8.08. The lowest BCUT2D eigenvalue weighted by Crippen LogP contribution is -2.29. The Hall–Kier alpha value is -2.09. The molecule has 0 unspecified atom stereocenters. The molecule has 1 aromatic heterocycles. The molecule has 0 aliphatic rings. The molecular weight excluding hydrogens is 216 g/mol. The normalized spacial score (nSPS) is 9.53. The van der Waals surface area contributed by atoms with E-state index in [0.29, 0.717) is 17.9 Å². The largest absolute Gasteiger partial charge is 0.360 e. The maximum absolute atomic E-state index is 11.3. The zero-order valence-corrected chi connectivity index (χ0v) is 10.3. The van der Waals surface area contributed by atoms with Gasteiger partial charge in [0, 0.05) is 12.2 Å². The van der Waals surface area contributed by atoms with Crippen LogP contribution in [0, 0.1) is 25.2 Å². The van der Waals surface area contributed by atoms with Gasteiger partial charge < -0.3 is 10.6 Å². The van der Waals surface area contributed by atoms with Crippen molar-refractivity contribution < 1.29 is 4.79 Å². The molecule has 0 bridgehead atoms. The molecule has 5 nitrogen and oxygen atoms in total. The van der Waals surface area contributed by atoms with E-state index in [4.69, 9.17) is 5.26 Å². The van der Waals surface area contributed by atoms with Gasteiger partial charge in [-0.25, -0.2) is 4.98 Å². The number of nitrogens with zero attached hydrogens (tertiary/aromatic N) is 2.